The molecular formula is C14H20N2O2. The van der Waals surface area contributed by atoms with Crippen LogP contribution in [0.1, 0.15) is 31.2 Å². The van der Waals surface area contributed by atoms with Gasteiger partial charge in [-0.1, -0.05) is 0 Å². The first-order valence-corrected chi connectivity index (χ1v) is 6.49. The Hall–Kier alpha value is -1.42. The van der Waals surface area contributed by atoms with E-state index in [4.69, 9.17) is 0 Å². The second kappa shape index (κ2) is 5.96. The van der Waals surface area contributed by atoms with Crippen LogP contribution >= 0.6 is 0 Å². The monoisotopic (exact) mass is 248 g/mol. The molecule has 2 rings (SSSR count). The summed E-state index contributed by atoms with van der Waals surface area (Å²) >= 11 is 0. The van der Waals surface area contributed by atoms with Gasteiger partial charge in [0.2, 0.25) is 5.91 Å². The van der Waals surface area contributed by atoms with E-state index in [1.807, 2.05) is 24.1 Å². The van der Waals surface area contributed by atoms with Crippen molar-refractivity contribution in [1.29, 1.82) is 0 Å². The molecule has 1 aromatic heterocycles. The number of hydrogen-bond acceptors (Lipinski definition) is 3. The van der Waals surface area contributed by atoms with Gasteiger partial charge in [-0.25, -0.2) is 0 Å². The largest absolute Gasteiger partial charge is 0.393 e. The first kappa shape index (κ1) is 13.0. The lowest BCUT2D eigenvalue weighted by Crippen LogP contribution is -2.41. The third-order valence-electron chi connectivity index (χ3n) is 3.71. The van der Waals surface area contributed by atoms with Gasteiger partial charge in [0.25, 0.3) is 0 Å². The quantitative estimate of drug-likeness (QED) is 0.879. The molecule has 0 bridgehead atoms. The number of carbonyl (C=O) groups excluding carboxylic acids is 1. The van der Waals surface area contributed by atoms with Crippen LogP contribution in [0.3, 0.4) is 0 Å². The van der Waals surface area contributed by atoms with Crippen molar-refractivity contribution in [2.24, 2.45) is 0 Å². The SMILES string of the molecule is CN(C(=O)Cc1ccncc1)C1CCC(O)CC1. The maximum absolute atomic E-state index is 12.1. The number of hydrogen-bond donors (Lipinski definition) is 1. The summed E-state index contributed by atoms with van der Waals surface area (Å²) in [5, 5.41) is 9.47. The molecule has 0 radical (unpaired) electrons. The Morgan fingerprint density at radius 1 is 1.33 bits per heavy atom. The predicted octanol–water partition coefficient (Wildman–Crippen LogP) is 1.39. The van der Waals surface area contributed by atoms with Crippen LogP contribution in [0.25, 0.3) is 0 Å². The van der Waals surface area contributed by atoms with E-state index < -0.39 is 0 Å². The van der Waals surface area contributed by atoms with Gasteiger partial charge in [-0.05, 0) is 43.4 Å². The number of nitrogens with zero attached hydrogens (tertiary/aromatic N) is 2. The van der Waals surface area contributed by atoms with E-state index in [0.29, 0.717) is 6.42 Å². The third kappa shape index (κ3) is 3.29. The first-order chi connectivity index (χ1) is 8.66. The molecule has 0 atom stereocenters. The van der Waals surface area contributed by atoms with Crippen molar-refractivity contribution in [2.75, 3.05) is 7.05 Å². The van der Waals surface area contributed by atoms with Gasteiger partial charge in [-0.2, -0.15) is 0 Å². The van der Waals surface area contributed by atoms with Crippen LogP contribution in [0.5, 0.6) is 0 Å². The van der Waals surface area contributed by atoms with Crippen molar-refractivity contribution in [3.63, 3.8) is 0 Å². The molecule has 0 aromatic carbocycles. The average molecular weight is 248 g/mol. The molecule has 1 N–H and O–H groups in total. The topological polar surface area (TPSA) is 53.4 Å². The van der Waals surface area contributed by atoms with Crippen molar-refractivity contribution in [1.82, 2.24) is 9.88 Å². The van der Waals surface area contributed by atoms with Crippen LogP contribution in [0.4, 0.5) is 0 Å². The molecule has 4 nitrogen and oxygen atoms in total. The van der Waals surface area contributed by atoms with E-state index >= 15 is 0 Å². The minimum atomic E-state index is -0.176. The maximum Gasteiger partial charge on any atom is 0.226 e. The molecule has 0 unspecified atom stereocenters. The fraction of sp³-hybridized carbons (Fsp3) is 0.571. The number of amides is 1. The van der Waals surface area contributed by atoms with Crippen LogP contribution in [-0.4, -0.2) is 40.1 Å². The van der Waals surface area contributed by atoms with Crippen LogP contribution in [0.2, 0.25) is 0 Å². The molecular weight excluding hydrogens is 228 g/mol. The minimum absolute atomic E-state index is 0.141. The van der Waals surface area contributed by atoms with Gasteiger partial charge in [-0.3, -0.25) is 9.78 Å². The van der Waals surface area contributed by atoms with Crippen molar-refractivity contribution >= 4 is 5.91 Å². The summed E-state index contributed by atoms with van der Waals surface area (Å²) < 4.78 is 0. The Kier molecular flexibility index (Phi) is 4.31. The summed E-state index contributed by atoms with van der Waals surface area (Å²) in [6.45, 7) is 0. The molecule has 1 aliphatic rings. The maximum atomic E-state index is 12.1. The van der Waals surface area contributed by atoms with Gasteiger partial charge in [0.15, 0.2) is 0 Å². The molecule has 1 saturated carbocycles. The molecule has 1 amide bonds. The number of aromatic nitrogens is 1. The van der Waals surface area contributed by atoms with Crippen molar-refractivity contribution in [3.05, 3.63) is 30.1 Å². The Bertz CT molecular complexity index is 386. The number of pyridine rings is 1. The smallest absolute Gasteiger partial charge is 0.226 e. The lowest BCUT2D eigenvalue weighted by Gasteiger charge is -2.33. The lowest BCUT2D eigenvalue weighted by atomic mass is 9.92. The number of rotatable bonds is 3. The number of aliphatic hydroxyl groups is 1. The fourth-order valence-corrected chi connectivity index (χ4v) is 2.45. The molecule has 1 fully saturated rings. The van der Waals surface area contributed by atoms with E-state index in [0.717, 1.165) is 31.2 Å². The summed E-state index contributed by atoms with van der Waals surface area (Å²) in [6, 6.07) is 4.02. The summed E-state index contributed by atoms with van der Waals surface area (Å²) in [4.78, 5) is 17.9. The van der Waals surface area contributed by atoms with Crippen LogP contribution in [0, 0.1) is 0 Å². The van der Waals surface area contributed by atoms with Crippen molar-refractivity contribution in [2.45, 2.75) is 44.2 Å². The molecule has 98 valence electrons. The van der Waals surface area contributed by atoms with E-state index in [-0.39, 0.29) is 18.1 Å². The summed E-state index contributed by atoms with van der Waals surface area (Å²) in [5.41, 5.74) is 0.998. The van der Waals surface area contributed by atoms with E-state index in [1.54, 1.807) is 12.4 Å². The number of carbonyl (C=O) groups is 1. The van der Waals surface area contributed by atoms with Crippen LogP contribution < -0.4 is 0 Å². The molecule has 0 aliphatic heterocycles. The number of aliphatic hydroxyl groups excluding tert-OH is 1. The van der Waals surface area contributed by atoms with Crippen LogP contribution in [0.15, 0.2) is 24.5 Å². The molecule has 1 aromatic rings. The van der Waals surface area contributed by atoms with Crippen LogP contribution in [-0.2, 0) is 11.2 Å². The van der Waals surface area contributed by atoms with E-state index in [1.165, 1.54) is 0 Å². The molecule has 0 saturated heterocycles. The Balaban J connectivity index is 1.89. The van der Waals surface area contributed by atoms with Gasteiger partial charge in [-0.15, -0.1) is 0 Å². The molecule has 0 spiro atoms. The summed E-state index contributed by atoms with van der Waals surface area (Å²) in [5.74, 6) is 0.141. The molecule has 1 aliphatic carbocycles. The van der Waals surface area contributed by atoms with Gasteiger partial charge in [0.05, 0.1) is 12.5 Å². The van der Waals surface area contributed by atoms with Crippen molar-refractivity contribution < 1.29 is 9.90 Å². The highest BCUT2D eigenvalue weighted by atomic mass is 16.3. The highest BCUT2D eigenvalue weighted by molar-refractivity contribution is 5.78. The zero-order valence-electron chi connectivity index (χ0n) is 10.7. The Morgan fingerprint density at radius 3 is 2.56 bits per heavy atom. The second-order valence-corrected chi connectivity index (χ2v) is 5.00. The fourth-order valence-electron chi connectivity index (χ4n) is 2.45. The Labute approximate surface area is 108 Å². The average Bonchev–Trinajstić information content (AvgIpc) is 2.40. The zero-order valence-corrected chi connectivity index (χ0v) is 10.7. The number of likely N-dealkylation sites (N-methyl/N-ethyl adjacent to an activating group) is 1. The normalized spacial score (nSPS) is 23.7. The zero-order chi connectivity index (χ0) is 13.0. The van der Waals surface area contributed by atoms with E-state index in [2.05, 4.69) is 4.98 Å². The third-order valence-corrected chi connectivity index (χ3v) is 3.71. The van der Waals surface area contributed by atoms with Gasteiger partial charge < -0.3 is 10.0 Å². The van der Waals surface area contributed by atoms with Gasteiger partial charge >= 0.3 is 0 Å². The lowest BCUT2D eigenvalue weighted by molar-refractivity contribution is -0.132. The predicted molar refractivity (Wildman–Crippen MR) is 69.0 cm³/mol. The van der Waals surface area contributed by atoms with Crippen molar-refractivity contribution in [3.8, 4) is 0 Å². The Morgan fingerprint density at radius 2 is 1.94 bits per heavy atom. The molecule has 1 heterocycles. The van der Waals surface area contributed by atoms with E-state index in [9.17, 15) is 9.90 Å². The minimum Gasteiger partial charge on any atom is -0.393 e. The standard InChI is InChI=1S/C14H20N2O2/c1-16(12-2-4-13(17)5-3-12)14(18)10-11-6-8-15-9-7-11/h6-9,12-13,17H,2-5,10H2,1H3. The molecule has 18 heavy (non-hydrogen) atoms. The summed E-state index contributed by atoms with van der Waals surface area (Å²) in [6.07, 6.45) is 7.08. The highest BCUT2D eigenvalue weighted by Crippen LogP contribution is 2.22. The second-order valence-electron chi connectivity index (χ2n) is 5.00. The highest BCUT2D eigenvalue weighted by Gasteiger charge is 2.25. The molecule has 4 heteroatoms. The summed E-state index contributed by atoms with van der Waals surface area (Å²) in [7, 11) is 1.87. The van der Waals surface area contributed by atoms with Gasteiger partial charge in [0.1, 0.15) is 0 Å². The van der Waals surface area contributed by atoms with Gasteiger partial charge in [0, 0.05) is 25.5 Å². The first-order valence-electron chi connectivity index (χ1n) is 6.49.